The summed E-state index contributed by atoms with van der Waals surface area (Å²) >= 11 is 0. The molecule has 0 aliphatic heterocycles. The zero-order chi connectivity index (χ0) is 16.3. The van der Waals surface area contributed by atoms with Crippen molar-refractivity contribution in [1.82, 2.24) is 9.78 Å². The summed E-state index contributed by atoms with van der Waals surface area (Å²) in [5.74, 6) is 1.02. The molecular weight excluding hydrogens is 282 g/mol. The van der Waals surface area contributed by atoms with Gasteiger partial charge in [0.25, 0.3) is 0 Å². The fourth-order valence-electron chi connectivity index (χ4n) is 2.43. The van der Waals surface area contributed by atoms with Gasteiger partial charge in [-0.15, -0.1) is 0 Å². The van der Waals surface area contributed by atoms with Crippen molar-refractivity contribution in [3.63, 3.8) is 0 Å². The number of rotatable bonds is 4. The third-order valence-corrected chi connectivity index (χ3v) is 3.80. The lowest BCUT2D eigenvalue weighted by atomic mass is 9.92. The molecule has 0 saturated carbocycles. The number of hydrogen-bond donors (Lipinski definition) is 1. The van der Waals surface area contributed by atoms with Gasteiger partial charge in [0.05, 0.1) is 11.4 Å². The lowest BCUT2D eigenvalue weighted by molar-refractivity contribution is 0.560. The van der Waals surface area contributed by atoms with Gasteiger partial charge in [0.1, 0.15) is 5.82 Å². The van der Waals surface area contributed by atoms with Crippen molar-refractivity contribution in [3.8, 4) is 5.69 Å². The van der Waals surface area contributed by atoms with E-state index in [2.05, 4.69) is 68.6 Å². The molecule has 3 heteroatoms. The minimum Gasteiger partial charge on any atom is -0.366 e. The van der Waals surface area contributed by atoms with Gasteiger partial charge in [-0.1, -0.05) is 69.3 Å². The van der Waals surface area contributed by atoms with Crippen molar-refractivity contribution in [3.05, 3.63) is 78.0 Å². The van der Waals surface area contributed by atoms with Crippen molar-refractivity contribution in [2.75, 3.05) is 5.32 Å². The average molecular weight is 305 g/mol. The smallest absolute Gasteiger partial charge is 0.130 e. The fourth-order valence-corrected chi connectivity index (χ4v) is 2.43. The molecule has 1 N–H and O–H groups in total. The van der Waals surface area contributed by atoms with Crippen molar-refractivity contribution in [2.24, 2.45) is 0 Å². The molecule has 0 saturated heterocycles. The van der Waals surface area contributed by atoms with Crippen LogP contribution in [0.25, 0.3) is 5.69 Å². The molecule has 0 bridgehead atoms. The van der Waals surface area contributed by atoms with Gasteiger partial charge in [-0.3, -0.25) is 0 Å². The number of aromatic nitrogens is 2. The van der Waals surface area contributed by atoms with Gasteiger partial charge < -0.3 is 5.32 Å². The molecule has 118 valence electrons. The van der Waals surface area contributed by atoms with Gasteiger partial charge in [0.2, 0.25) is 0 Å². The van der Waals surface area contributed by atoms with E-state index < -0.39 is 0 Å². The topological polar surface area (TPSA) is 29.9 Å². The number of nitrogens with one attached hydrogen (secondary N) is 1. The van der Waals surface area contributed by atoms with Gasteiger partial charge in [-0.25, -0.2) is 4.68 Å². The standard InChI is InChI=1S/C20H23N3/c1-20(2,3)18-14-19(21-15-16-10-6-4-7-11-16)23(22-18)17-12-8-5-9-13-17/h4-14,21H,15H2,1-3H3. The van der Waals surface area contributed by atoms with Crippen LogP contribution in [0.1, 0.15) is 32.0 Å². The van der Waals surface area contributed by atoms with E-state index in [9.17, 15) is 0 Å². The summed E-state index contributed by atoms with van der Waals surface area (Å²) in [5.41, 5.74) is 3.42. The Morgan fingerprint density at radius 3 is 2.13 bits per heavy atom. The maximum atomic E-state index is 4.82. The Bertz CT molecular complexity index is 753. The fraction of sp³-hybridized carbons (Fsp3) is 0.250. The highest BCUT2D eigenvalue weighted by molar-refractivity contribution is 5.47. The first-order valence-corrected chi connectivity index (χ1v) is 7.98. The lowest BCUT2D eigenvalue weighted by Gasteiger charge is -2.14. The minimum absolute atomic E-state index is 0.0171. The average Bonchev–Trinajstić information content (AvgIpc) is 2.99. The molecule has 1 heterocycles. The quantitative estimate of drug-likeness (QED) is 0.751. The Hall–Kier alpha value is -2.55. The Kier molecular flexibility index (Phi) is 4.20. The van der Waals surface area contributed by atoms with E-state index >= 15 is 0 Å². The Balaban J connectivity index is 1.92. The number of anilines is 1. The molecule has 1 aromatic heterocycles. The van der Waals surface area contributed by atoms with Crippen LogP contribution in [0.2, 0.25) is 0 Å². The van der Waals surface area contributed by atoms with Crippen LogP contribution in [-0.4, -0.2) is 9.78 Å². The normalized spacial score (nSPS) is 11.4. The molecule has 0 radical (unpaired) electrons. The van der Waals surface area contributed by atoms with E-state index in [0.717, 1.165) is 23.7 Å². The van der Waals surface area contributed by atoms with E-state index in [1.807, 2.05) is 28.9 Å². The molecule has 0 spiro atoms. The van der Waals surface area contributed by atoms with E-state index in [1.54, 1.807) is 0 Å². The minimum atomic E-state index is 0.0171. The van der Waals surface area contributed by atoms with Gasteiger partial charge >= 0.3 is 0 Å². The maximum Gasteiger partial charge on any atom is 0.130 e. The van der Waals surface area contributed by atoms with E-state index in [0.29, 0.717) is 0 Å². The maximum absolute atomic E-state index is 4.82. The predicted octanol–water partition coefficient (Wildman–Crippen LogP) is 4.78. The molecule has 3 rings (SSSR count). The molecule has 0 amide bonds. The third-order valence-electron chi connectivity index (χ3n) is 3.80. The monoisotopic (exact) mass is 305 g/mol. The van der Waals surface area contributed by atoms with Crippen LogP contribution in [0, 0.1) is 0 Å². The number of nitrogens with zero attached hydrogens (tertiary/aromatic N) is 2. The molecule has 3 aromatic rings. The third kappa shape index (κ3) is 3.62. The van der Waals surface area contributed by atoms with Crippen molar-refractivity contribution in [1.29, 1.82) is 0 Å². The first-order valence-electron chi connectivity index (χ1n) is 7.98. The molecule has 2 aromatic carbocycles. The van der Waals surface area contributed by atoms with E-state index in [1.165, 1.54) is 5.56 Å². The summed E-state index contributed by atoms with van der Waals surface area (Å²) in [6.45, 7) is 7.34. The summed E-state index contributed by atoms with van der Waals surface area (Å²) in [6, 6.07) is 22.8. The van der Waals surface area contributed by atoms with Gasteiger partial charge in [-0.2, -0.15) is 5.10 Å². The van der Waals surface area contributed by atoms with Crippen LogP contribution < -0.4 is 5.32 Å². The van der Waals surface area contributed by atoms with Crippen molar-refractivity contribution in [2.45, 2.75) is 32.7 Å². The summed E-state index contributed by atoms with van der Waals surface area (Å²) < 4.78 is 1.99. The number of hydrogen-bond acceptors (Lipinski definition) is 2. The zero-order valence-electron chi connectivity index (χ0n) is 14.0. The molecule has 3 nitrogen and oxygen atoms in total. The number of benzene rings is 2. The highest BCUT2D eigenvalue weighted by Crippen LogP contribution is 2.26. The lowest BCUT2D eigenvalue weighted by Crippen LogP contribution is -2.12. The Labute approximate surface area is 138 Å². The summed E-state index contributed by atoms with van der Waals surface area (Å²) in [7, 11) is 0. The highest BCUT2D eigenvalue weighted by atomic mass is 15.3. The van der Waals surface area contributed by atoms with Crippen LogP contribution in [0.15, 0.2) is 66.7 Å². The molecule has 0 unspecified atom stereocenters. The molecule has 0 fully saturated rings. The molecular formula is C20H23N3. The number of para-hydroxylation sites is 1. The largest absolute Gasteiger partial charge is 0.366 e. The second-order valence-corrected chi connectivity index (χ2v) is 6.75. The first-order chi connectivity index (χ1) is 11.0. The highest BCUT2D eigenvalue weighted by Gasteiger charge is 2.20. The van der Waals surface area contributed by atoms with E-state index in [-0.39, 0.29) is 5.41 Å². The summed E-state index contributed by atoms with van der Waals surface area (Å²) in [4.78, 5) is 0. The zero-order valence-corrected chi connectivity index (χ0v) is 14.0. The molecule has 0 aliphatic rings. The second kappa shape index (κ2) is 6.29. The van der Waals surface area contributed by atoms with Gasteiger partial charge in [-0.05, 0) is 17.7 Å². The van der Waals surface area contributed by atoms with E-state index in [4.69, 9.17) is 5.10 Å². The Morgan fingerprint density at radius 2 is 1.52 bits per heavy atom. The molecule has 0 aliphatic carbocycles. The van der Waals surface area contributed by atoms with Crippen LogP contribution in [-0.2, 0) is 12.0 Å². The van der Waals surface area contributed by atoms with Crippen LogP contribution in [0.3, 0.4) is 0 Å². The first kappa shape index (κ1) is 15.3. The van der Waals surface area contributed by atoms with Crippen LogP contribution in [0.4, 0.5) is 5.82 Å². The predicted molar refractivity (Wildman–Crippen MR) is 96.0 cm³/mol. The van der Waals surface area contributed by atoms with Crippen LogP contribution in [0.5, 0.6) is 0 Å². The molecule has 23 heavy (non-hydrogen) atoms. The molecule has 0 atom stereocenters. The van der Waals surface area contributed by atoms with Gasteiger partial charge in [0, 0.05) is 18.0 Å². The Morgan fingerprint density at radius 1 is 0.913 bits per heavy atom. The SMILES string of the molecule is CC(C)(C)c1cc(NCc2ccccc2)n(-c2ccccc2)n1. The second-order valence-electron chi connectivity index (χ2n) is 6.75. The van der Waals surface area contributed by atoms with Crippen LogP contribution >= 0.6 is 0 Å². The summed E-state index contributed by atoms with van der Waals surface area (Å²) in [5, 5.41) is 8.34. The van der Waals surface area contributed by atoms with Gasteiger partial charge in [0.15, 0.2) is 0 Å². The van der Waals surface area contributed by atoms with Crippen molar-refractivity contribution >= 4 is 5.82 Å². The summed E-state index contributed by atoms with van der Waals surface area (Å²) in [6.07, 6.45) is 0. The van der Waals surface area contributed by atoms with Crippen molar-refractivity contribution < 1.29 is 0 Å².